The molecule has 3 heterocycles. The first-order chi connectivity index (χ1) is 11.6. The maximum Gasteiger partial charge on any atom is 0.250 e. The van der Waals surface area contributed by atoms with Gasteiger partial charge in [0.05, 0.1) is 30.0 Å². The van der Waals surface area contributed by atoms with Crippen LogP contribution in [0, 0.1) is 0 Å². The first kappa shape index (κ1) is 17.5. The van der Waals surface area contributed by atoms with Gasteiger partial charge in [-0.1, -0.05) is 6.07 Å². The Balaban J connectivity index is 0.00000182. The molecule has 0 spiro atoms. The topological polar surface area (TPSA) is 98.0 Å². The number of amides is 1. The molecule has 25 heavy (non-hydrogen) atoms. The van der Waals surface area contributed by atoms with Gasteiger partial charge in [0.15, 0.2) is 0 Å². The number of carbonyl (C=O) groups is 1. The summed E-state index contributed by atoms with van der Waals surface area (Å²) in [5.74, 6) is -0.450. The Hall–Kier alpha value is -2.35. The Morgan fingerprint density at radius 1 is 1.44 bits per heavy atom. The van der Waals surface area contributed by atoms with Gasteiger partial charge in [-0.05, 0) is 17.7 Å². The van der Waals surface area contributed by atoms with Crippen LogP contribution in [0.15, 0.2) is 30.6 Å². The van der Waals surface area contributed by atoms with E-state index in [4.69, 9.17) is 10.5 Å². The number of aromatic amines is 1. The zero-order valence-corrected chi connectivity index (χ0v) is 14.6. The summed E-state index contributed by atoms with van der Waals surface area (Å²) in [4.78, 5) is 15.1. The van der Waals surface area contributed by atoms with Crippen molar-refractivity contribution >= 4 is 29.2 Å². The van der Waals surface area contributed by atoms with Crippen LogP contribution in [0.1, 0.15) is 22.0 Å². The number of carbonyl (C=O) groups excluding carboxylic acids is 1. The number of morpholine rings is 1. The van der Waals surface area contributed by atoms with Crippen LogP contribution >= 0.6 is 12.4 Å². The van der Waals surface area contributed by atoms with E-state index in [0.717, 1.165) is 40.8 Å². The van der Waals surface area contributed by atoms with Crippen LogP contribution < -0.4 is 11.1 Å². The van der Waals surface area contributed by atoms with E-state index in [1.807, 2.05) is 25.4 Å². The van der Waals surface area contributed by atoms with Gasteiger partial charge in [-0.15, -0.1) is 12.4 Å². The van der Waals surface area contributed by atoms with E-state index in [0.29, 0.717) is 12.2 Å². The number of rotatable bonds is 3. The SMILES string of the molecule is Cl.Cn1cc(-c2cc3c([C@H]4CNCCO4)ccc(C(N)=O)c3[nH]2)cn1. The van der Waals surface area contributed by atoms with Crippen molar-refractivity contribution in [3.05, 3.63) is 41.7 Å². The molecule has 132 valence electrons. The van der Waals surface area contributed by atoms with Gasteiger partial charge in [-0.25, -0.2) is 0 Å². The zero-order chi connectivity index (χ0) is 16.7. The highest BCUT2D eigenvalue weighted by Gasteiger charge is 2.22. The third-order valence-electron chi connectivity index (χ3n) is 4.38. The molecule has 1 amide bonds. The van der Waals surface area contributed by atoms with E-state index >= 15 is 0 Å². The van der Waals surface area contributed by atoms with Crippen molar-refractivity contribution in [1.29, 1.82) is 0 Å². The predicted molar refractivity (Wildman–Crippen MR) is 97.8 cm³/mol. The maximum atomic E-state index is 11.8. The van der Waals surface area contributed by atoms with E-state index in [9.17, 15) is 4.79 Å². The Kier molecular flexibility index (Phi) is 4.80. The number of hydrogen-bond donors (Lipinski definition) is 3. The lowest BCUT2D eigenvalue weighted by molar-refractivity contribution is 0.0286. The molecule has 0 saturated carbocycles. The third kappa shape index (κ3) is 3.13. The van der Waals surface area contributed by atoms with Crippen molar-refractivity contribution < 1.29 is 9.53 Å². The number of hydrogen-bond acceptors (Lipinski definition) is 4. The van der Waals surface area contributed by atoms with Crippen molar-refractivity contribution in [3.8, 4) is 11.3 Å². The molecule has 4 rings (SSSR count). The molecule has 2 aromatic heterocycles. The lowest BCUT2D eigenvalue weighted by Gasteiger charge is -2.24. The molecule has 1 atom stereocenters. The van der Waals surface area contributed by atoms with Crippen LogP contribution in [-0.2, 0) is 11.8 Å². The minimum Gasteiger partial charge on any atom is -0.371 e. The van der Waals surface area contributed by atoms with Crippen molar-refractivity contribution in [3.63, 3.8) is 0 Å². The smallest absolute Gasteiger partial charge is 0.250 e. The number of halogens is 1. The molecule has 0 aliphatic carbocycles. The fourth-order valence-electron chi connectivity index (χ4n) is 3.21. The Morgan fingerprint density at radius 3 is 2.92 bits per heavy atom. The summed E-state index contributed by atoms with van der Waals surface area (Å²) >= 11 is 0. The largest absolute Gasteiger partial charge is 0.371 e. The molecule has 1 aromatic carbocycles. The number of nitrogens with two attached hydrogens (primary N) is 1. The minimum atomic E-state index is -0.450. The van der Waals surface area contributed by atoms with Gasteiger partial charge < -0.3 is 20.8 Å². The molecule has 1 fully saturated rings. The monoisotopic (exact) mass is 361 g/mol. The van der Waals surface area contributed by atoms with Crippen LogP contribution in [0.4, 0.5) is 0 Å². The number of benzene rings is 1. The minimum absolute atomic E-state index is 0. The van der Waals surface area contributed by atoms with Crippen molar-refractivity contribution in [2.75, 3.05) is 19.7 Å². The van der Waals surface area contributed by atoms with Crippen LogP contribution in [0.2, 0.25) is 0 Å². The summed E-state index contributed by atoms with van der Waals surface area (Å²) in [5, 5.41) is 8.50. The van der Waals surface area contributed by atoms with Crippen molar-refractivity contribution in [2.45, 2.75) is 6.10 Å². The van der Waals surface area contributed by atoms with Gasteiger partial charge in [-0.2, -0.15) is 5.10 Å². The number of aryl methyl sites for hydroxylation is 1. The fraction of sp³-hybridized carbons (Fsp3) is 0.294. The molecule has 0 bridgehead atoms. The fourth-order valence-corrected chi connectivity index (χ4v) is 3.21. The summed E-state index contributed by atoms with van der Waals surface area (Å²) < 4.78 is 7.62. The Bertz CT molecular complexity index is 911. The molecule has 3 aromatic rings. The average Bonchev–Trinajstić information content (AvgIpc) is 3.20. The second kappa shape index (κ2) is 6.87. The second-order valence-corrected chi connectivity index (χ2v) is 6.00. The number of ether oxygens (including phenoxy) is 1. The van der Waals surface area contributed by atoms with Crippen molar-refractivity contribution in [1.82, 2.24) is 20.1 Å². The van der Waals surface area contributed by atoms with Crippen molar-refractivity contribution in [2.24, 2.45) is 12.8 Å². The van der Waals surface area contributed by atoms with Gasteiger partial charge in [0.1, 0.15) is 0 Å². The molecule has 1 saturated heterocycles. The first-order valence-electron chi connectivity index (χ1n) is 7.90. The first-order valence-corrected chi connectivity index (χ1v) is 7.90. The van der Waals surface area contributed by atoms with E-state index in [2.05, 4.69) is 15.4 Å². The summed E-state index contributed by atoms with van der Waals surface area (Å²) in [5.41, 5.74) is 9.67. The summed E-state index contributed by atoms with van der Waals surface area (Å²) in [6.45, 7) is 2.27. The van der Waals surface area contributed by atoms with Crippen LogP contribution in [0.5, 0.6) is 0 Å². The molecule has 1 aliphatic heterocycles. The van der Waals surface area contributed by atoms with Gasteiger partial charge in [0.2, 0.25) is 0 Å². The summed E-state index contributed by atoms with van der Waals surface area (Å²) in [7, 11) is 1.87. The second-order valence-electron chi connectivity index (χ2n) is 6.00. The Morgan fingerprint density at radius 2 is 2.28 bits per heavy atom. The lowest BCUT2D eigenvalue weighted by atomic mass is 10.00. The van der Waals surface area contributed by atoms with E-state index in [1.54, 1.807) is 16.9 Å². The van der Waals surface area contributed by atoms with Crippen LogP contribution in [-0.4, -0.2) is 40.4 Å². The standard InChI is InChI=1S/C17H19N5O2.ClH/c1-22-9-10(7-20-22)14-6-13-11(15-8-19-4-5-24-15)2-3-12(17(18)23)16(13)21-14;/h2-3,6-7,9,15,19,21H,4-5,8H2,1H3,(H2,18,23);1H/t15-;/m1./s1. The highest BCUT2D eigenvalue weighted by molar-refractivity contribution is 6.07. The quantitative estimate of drug-likeness (QED) is 0.662. The lowest BCUT2D eigenvalue weighted by Crippen LogP contribution is -2.33. The molecule has 0 unspecified atom stereocenters. The number of nitrogens with zero attached hydrogens (tertiary/aromatic N) is 2. The van der Waals surface area contributed by atoms with Crippen LogP contribution in [0.25, 0.3) is 22.2 Å². The maximum absolute atomic E-state index is 11.8. The molecule has 1 aliphatic rings. The summed E-state index contributed by atoms with van der Waals surface area (Å²) in [6.07, 6.45) is 3.67. The highest BCUT2D eigenvalue weighted by atomic mass is 35.5. The van der Waals surface area contributed by atoms with Gasteiger partial charge in [0.25, 0.3) is 5.91 Å². The number of nitrogens with one attached hydrogen (secondary N) is 2. The van der Waals surface area contributed by atoms with Gasteiger partial charge in [0, 0.05) is 43.0 Å². The Labute approximate surface area is 150 Å². The van der Waals surface area contributed by atoms with Crippen LogP contribution in [0.3, 0.4) is 0 Å². The third-order valence-corrected chi connectivity index (χ3v) is 4.38. The predicted octanol–water partition coefficient (Wildman–Crippen LogP) is 1.75. The normalized spacial score (nSPS) is 17.4. The molecular weight excluding hydrogens is 342 g/mol. The van der Waals surface area contributed by atoms with E-state index in [-0.39, 0.29) is 18.5 Å². The number of H-pyrrole nitrogens is 1. The molecule has 8 heteroatoms. The molecule has 4 N–H and O–H groups in total. The number of fused-ring (bicyclic) bond motifs is 1. The molecule has 7 nitrogen and oxygen atoms in total. The zero-order valence-electron chi connectivity index (χ0n) is 13.8. The summed E-state index contributed by atoms with van der Waals surface area (Å²) in [6, 6.07) is 5.73. The van der Waals surface area contributed by atoms with Gasteiger partial charge >= 0.3 is 0 Å². The molecular formula is C17H20ClN5O2. The number of primary amides is 1. The van der Waals surface area contributed by atoms with E-state index < -0.39 is 5.91 Å². The molecule has 0 radical (unpaired) electrons. The van der Waals surface area contributed by atoms with E-state index in [1.165, 1.54) is 0 Å². The highest BCUT2D eigenvalue weighted by Crippen LogP contribution is 2.33. The van der Waals surface area contributed by atoms with Gasteiger partial charge in [-0.3, -0.25) is 9.48 Å². The number of aromatic nitrogens is 3. The average molecular weight is 362 g/mol.